The van der Waals surface area contributed by atoms with Gasteiger partial charge in [-0.2, -0.15) is 0 Å². The van der Waals surface area contributed by atoms with Crippen molar-refractivity contribution in [1.29, 1.82) is 0 Å². The first-order valence-electron chi connectivity index (χ1n) is 10.2. The minimum atomic E-state index is -1.15. The van der Waals surface area contributed by atoms with E-state index < -0.39 is 17.5 Å². The lowest BCUT2D eigenvalue weighted by molar-refractivity contribution is -0.135. The molecule has 1 aliphatic heterocycles. The Morgan fingerprint density at radius 3 is 2.36 bits per heavy atom. The van der Waals surface area contributed by atoms with Gasteiger partial charge in [0.1, 0.15) is 12.1 Å². The quantitative estimate of drug-likeness (QED) is 0.638. The zero-order valence-corrected chi connectivity index (χ0v) is 17.7. The van der Waals surface area contributed by atoms with Crippen molar-refractivity contribution in [2.45, 2.75) is 71.9 Å². The fourth-order valence-electron chi connectivity index (χ4n) is 3.45. The van der Waals surface area contributed by atoms with E-state index in [1.807, 2.05) is 31.2 Å². The molecule has 2 unspecified atom stereocenters. The van der Waals surface area contributed by atoms with E-state index in [0.717, 1.165) is 36.1 Å². The molecule has 2 atom stereocenters. The number of amides is 4. The molecule has 1 heterocycles. The Labute approximate surface area is 168 Å². The van der Waals surface area contributed by atoms with E-state index in [4.69, 9.17) is 0 Å². The molecule has 1 saturated heterocycles. The summed E-state index contributed by atoms with van der Waals surface area (Å²) in [5.41, 5.74) is 0.767. The molecular weight excluding hydrogens is 354 g/mol. The van der Waals surface area contributed by atoms with Crippen LogP contribution in [0.3, 0.4) is 0 Å². The molecule has 1 aliphatic rings. The van der Waals surface area contributed by atoms with Crippen molar-refractivity contribution in [2.24, 2.45) is 5.92 Å². The first-order valence-corrected chi connectivity index (χ1v) is 10.2. The van der Waals surface area contributed by atoms with Crippen LogP contribution in [0.25, 0.3) is 0 Å². The van der Waals surface area contributed by atoms with Crippen LogP contribution in [-0.4, -0.2) is 35.3 Å². The third-order valence-corrected chi connectivity index (χ3v) is 5.23. The average Bonchev–Trinajstić information content (AvgIpc) is 2.85. The van der Waals surface area contributed by atoms with E-state index in [1.165, 1.54) is 5.56 Å². The number of nitrogens with one attached hydrogen (secondary N) is 2. The van der Waals surface area contributed by atoms with Crippen molar-refractivity contribution < 1.29 is 14.4 Å². The summed E-state index contributed by atoms with van der Waals surface area (Å²) in [5, 5.41) is 5.63. The van der Waals surface area contributed by atoms with Crippen molar-refractivity contribution in [3.8, 4) is 0 Å². The van der Waals surface area contributed by atoms with Crippen molar-refractivity contribution in [2.75, 3.05) is 6.54 Å². The monoisotopic (exact) mass is 387 g/mol. The Morgan fingerprint density at radius 1 is 1.14 bits per heavy atom. The van der Waals surface area contributed by atoms with Gasteiger partial charge in [-0.25, -0.2) is 4.79 Å². The lowest BCUT2D eigenvalue weighted by atomic mass is 9.91. The molecule has 1 fully saturated rings. The Morgan fingerprint density at radius 2 is 1.79 bits per heavy atom. The van der Waals surface area contributed by atoms with Crippen LogP contribution in [0.2, 0.25) is 0 Å². The number of aryl methyl sites for hydroxylation is 1. The van der Waals surface area contributed by atoms with Crippen LogP contribution >= 0.6 is 0 Å². The fraction of sp³-hybridized carbons (Fsp3) is 0.591. The predicted molar refractivity (Wildman–Crippen MR) is 110 cm³/mol. The molecule has 6 nitrogen and oxygen atoms in total. The molecule has 1 aromatic carbocycles. The van der Waals surface area contributed by atoms with Crippen LogP contribution in [0.5, 0.6) is 0 Å². The minimum Gasteiger partial charge on any atom is -0.352 e. The molecule has 0 aliphatic carbocycles. The third-order valence-electron chi connectivity index (χ3n) is 5.23. The van der Waals surface area contributed by atoms with Gasteiger partial charge in [-0.15, -0.1) is 0 Å². The van der Waals surface area contributed by atoms with E-state index >= 15 is 0 Å². The lowest BCUT2D eigenvalue weighted by Crippen LogP contribution is -2.45. The van der Waals surface area contributed by atoms with Gasteiger partial charge in [-0.05, 0) is 50.2 Å². The summed E-state index contributed by atoms with van der Waals surface area (Å²) in [7, 11) is 0. The van der Waals surface area contributed by atoms with Crippen molar-refractivity contribution in [1.82, 2.24) is 15.5 Å². The third kappa shape index (κ3) is 5.12. The summed E-state index contributed by atoms with van der Waals surface area (Å²) in [5.74, 6) is -0.150. The number of benzene rings is 1. The SMILES string of the molecule is CCCc1ccc(C2(C)NC(=O)N(CC(=O)NC(C)CCC(C)C)C2=O)cc1. The Kier molecular flexibility index (Phi) is 7.22. The van der Waals surface area contributed by atoms with Crippen LogP contribution in [0.1, 0.15) is 65.0 Å². The number of nitrogens with zero attached hydrogens (tertiary/aromatic N) is 1. The molecule has 2 rings (SSSR count). The molecule has 4 amide bonds. The zero-order chi connectivity index (χ0) is 20.9. The van der Waals surface area contributed by atoms with Crippen LogP contribution in [-0.2, 0) is 21.5 Å². The number of rotatable bonds is 9. The van der Waals surface area contributed by atoms with Crippen molar-refractivity contribution >= 4 is 17.8 Å². The zero-order valence-electron chi connectivity index (χ0n) is 17.7. The summed E-state index contributed by atoms with van der Waals surface area (Å²) in [6.45, 7) is 9.75. The first kappa shape index (κ1) is 21.9. The van der Waals surface area contributed by atoms with Gasteiger partial charge in [0.15, 0.2) is 0 Å². The number of hydrogen-bond acceptors (Lipinski definition) is 3. The second kappa shape index (κ2) is 9.22. The standard InChI is InChI=1S/C22H33N3O3/c1-6-7-17-10-12-18(13-11-17)22(5)20(27)25(21(28)24-22)14-19(26)23-16(4)9-8-15(2)3/h10-13,15-16H,6-9,14H2,1-5H3,(H,23,26)(H,24,28). The maximum Gasteiger partial charge on any atom is 0.325 e. The van der Waals surface area contributed by atoms with Gasteiger partial charge >= 0.3 is 6.03 Å². The second-order valence-electron chi connectivity index (χ2n) is 8.33. The van der Waals surface area contributed by atoms with Gasteiger partial charge < -0.3 is 10.6 Å². The van der Waals surface area contributed by atoms with E-state index in [9.17, 15) is 14.4 Å². The first-order chi connectivity index (χ1) is 13.2. The van der Waals surface area contributed by atoms with Crippen LogP contribution in [0.15, 0.2) is 24.3 Å². The Bertz CT molecular complexity index is 714. The highest BCUT2D eigenvalue weighted by molar-refractivity contribution is 6.09. The number of imide groups is 1. The minimum absolute atomic E-state index is 0.00756. The molecular formula is C22H33N3O3. The summed E-state index contributed by atoms with van der Waals surface area (Å²) < 4.78 is 0. The predicted octanol–water partition coefficient (Wildman–Crippen LogP) is 3.35. The fourth-order valence-corrected chi connectivity index (χ4v) is 3.45. The molecule has 1 aromatic rings. The largest absolute Gasteiger partial charge is 0.352 e. The summed E-state index contributed by atoms with van der Waals surface area (Å²) in [4.78, 5) is 38.7. The molecule has 2 N–H and O–H groups in total. The second-order valence-corrected chi connectivity index (χ2v) is 8.33. The maximum atomic E-state index is 12.9. The van der Waals surface area contributed by atoms with E-state index in [2.05, 4.69) is 31.4 Å². The summed E-state index contributed by atoms with van der Waals surface area (Å²) in [6.07, 6.45) is 3.89. The number of hydrogen-bond donors (Lipinski definition) is 2. The van der Waals surface area contributed by atoms with Gasteiger partial charge in [-0.1, -0.05) is 51.5 Å². The molecule has 0 aromatic heterocycles. The molecule has 28 heavy (non-hydrogen) atoms. The molecule has 0 spiro atoms. The van der Waals surface area contributed by atoms with Gasteiger partial charge in [0, 0.05) is 6.04 Å². The van der Waals surface area contributed by atoms with E-state index in [0.29, 0.717) is 5.92 Å². The van der Waals surface area contributed by atoms with Crippen LogP contribution < -0.4 is 10.6 Å². The Hall–Kier alpha value is -2.37. The summed E-state index contributed by atoms with van der Waals surface area (Å²) in [6, 6.07) is 7.19. The highest BCUT2D eigenvalue weighted by Gasteiger charge is 2.49. The highest BCUT2D eigenvalue weighted by atomic mass is 16.2. The molecule has 6 heteroatoms. The van der Waals surface area contributed by atoms with E-state index in [1.54, 1.807) is 6.92 Å². The van der Waals surface area contributed by atoms with Gasteiger partial charge in [-0.3, -0.25) is 14.5 Å². The van der Waals surface area contributed by atoms with Gasteiger partial charge in [0.2, 0.25) is 5.91 Å². The highest BCUT2D eigenvalue weighted by Crippen LogP contribution is 2.29. The normalized spacial score (nSPS) is 20.4. The molecule has 0 bridgehead atoms. The summed E-state index contributed by atoms with van der Waals surface area (Å²) >= 11 is 0. The number of urea groups is 1. The smallest absolute Gasteiger partial charge is 0.325 e. The van der Waals surface area contributed by atoms with Gasteiger partial charge in [0.05, 0.1) is 0 Å². The average molecular weight is 388 g/mol. The van der Waals surface area contributed by atoms with Gasteiger partial charge in [0.25, 0.3) is 5.91 Å². The number of carbonyl (C=O) groups is 3. The van der Waals surface area contributed by atoms with Crippen molar-refractivity contribution in [3.63, 3.8) is 0 Å². The molecule has 154 valence electrons. The topological polar surface area (TPSA) is 78.5 Å². The van der Waals surface area contributed by atoms with Crippen LogP contribution in [0.4, 0.5) is 4.79 Å². The lowest BCUT2D eigenvalue weighted by Gasteiger charge is -2.23. The van der Waals surface area contributed by atoms with Crippen molar-refractivity contribution in [3.05, 3.63) is 35.4 Å². The molecule has 0 radical (unpaired) electrons. The van der Waals surface area contributed by atoms with Crippen LogP contribution in [0, 0.1) is 5.92 Å². The number of carbonyl (C=O) groups excluding carboxylic acids is 3. The van der Waals surface area contributed by atoms with E-state index in [-0.39, 0.29) is 18.5 Å². The maximum absolute atomic E-state index is 12.9. The molecule has 0 saturated carbocycles. The Balaban J connectivity index is 2.03.